The lowest BCUT2D eigenvalue weighted by Gasteiger charge is -2.27. The fraction of sp³-hybridized carbons (Fsp3) is 0.500. The summed E-state index contributed by atoms with van der Waals surface area (Å²) in [6, 6.07) is 5.62. The van der Waals surface area contributed by atoms with Gasteiger partial charge in [-0.15, -0.1) is 0 Å². The summed E-state index contributed by atoms with van der Waals surface area (Å²) in [6.07, 6.45) is -3.91. The Hall–Kier alpha value is -2.15. The molecule has 148 valence electrons. The Labute approximate surface area is 158 Å². The Morgan fingerprint density at radius 2 is 1.78 bits per heavy atom. The first-order valence-corrected chi connectivity index (χ1v) is 8.83. The van der Waals surface area contributed by atoms with Crippen LogP contribution in [-0.2, 0) is 6.18 Å². The minimum absolute atomic E-state index is 0.000665. The zero-order valence-electron chi connectivity index (χ0n) is 16.3. The molecule has 1 atom stereocenters. The number of hydrogen-bond donors (Lipinski definition) is 1. The number of hydrogen-bond acceptors (Lipinski definition) is 4. The molecule has 0 aliphatic carbocycles. The maximum absolute atomic E-state index is 13.6. The molecule has 1 heterocycles. The van der Waals surface area contributed by atoms with Crippen molar-refractivity contribution in [3.63, 3.8) is 0 Å². The highest BCUT2D eigenvalue weighted by Gasteiger charge is 2.35. The molecule has 0 unspecified atom stereocenters. The average Bonchev–Trinajstić information content (AvgIpc) is 2.50. The summed E-state index contributed by atoms with van der Waals surface area (Å²) in [5, 5.41) is 0. The summed E-state index contributed by atoms with van der Waals surface area (Å²) < 4.78 is 46.3. The van der Waals surface area contributed by atoms with E-state index in [0.717, 1.165) is 6.07 Å². The van der Waals surface area contributed by atoms with Crippen LogP contribution in [0.15, 0.2) is 24.3 Å². The molecule has 27 heavy (non-hydrogen) atoms. The number of nitrogens with zero attached hydrogens (tertiary/aromatic N) is 2. The summed E-state index contributed by atoms with van der Waals surface area (Å²) in [4.78, 5) is 8.39. The number of aromatic nitrogens is 2. The third-order valence-electron chi connectivity index (χ3n) is 3.98. The van der Waals surface area contributed by atoms with E-state index in [9.17, 15) is 13.2 Å². The molecule has 4 nitrogen and oxygen atoms in total. The van der Waals surface area contributed by atoms with E-state index in [2.05, 4.69) is 9.97 Å². The van der Waals surface area contributed by atoms with Crippen LogP contribution in [-0.4, -0.2) is 22.1 Å². The first-order valence-electron chi connectivity index (χ1n) is 8.83. The van der Waals surface area contributed by atoms with Crippen molar-refractivity contribution in [1.29, 1.82) is 0 Å². The lowest BCUT2D eigenvalue weighted by atomic mass is 9.93. The van der Waals surface area contributed by atoms with Gasteiger partial charge in [-0.25, -0.2) is 9.97 Å². The molecule has 7 heteroatoms. The fourth-order valence-corrected chi connectivity index (χ4v) is 3.14. The zero-order valence-corrected chi connectivity index (χ0v) is 16.3. The molecule has 0 saturated carbocycles. The molecule has 2 aromatic rings. The fourth-order valence-electron chi connectivity index (χ4n) is 3.14. The number of alkyl halides is 3. The van der Waals surface area contributed by atoms with Crippen LogP contribution >= 0.6 is 0 Å². The van der Waals surface area contributed by atoms with Gasteiger partial charge in [-0.05, 0) is 57.4 Å². The van der Waals surface area contributed by atoms with E-state index in [1.165, 1.54) is 6.07 Å². The topological polar surface area (TPSA) is 61.0 Å². The van der Waals surface area contributed by atoms with E-state index in [0.29, 0.717) is 35.1 Å². The molecule has 1 aromatic carbocycles. The van der Waals surface area contributed by atoms with Gasteiger partial charge in [0.1, 0.15) is 18.2 Å². The van der Waals surface area contributed by atoms with Crippen molar-refractivity contribution in [3.05, 3.63) is 41.3 Å². The molecule has 0 radical (unpaired) electrons. The maximum atomic E-state index is 13.6. The van der Waals surface area contributed by atoms with Crippen LogP contribution in [0.2, 0.25) is 0 Å². The van der Waals surface area contributed by atoms with Crippen LogP contribution in [0.3, 0.4) is 0 Å². The standard InChI is InChI=1S/C20H26F3N3O/c1-12(2)10-19(5,24)11-27-18-7-6-15(9-16(18)20(21,22)23)17-8-13(3)25-14(4)26-17/h6-9,12H,10-11,24H2,1-5H3/t19-/m0/s1. The highest BCUT2D eigenvalue weighted by molar-refractivity contribution is 5.63. The first-order chi connectivity index (χ1) is 12.4. The third-order valence-corrected chi connectivity index (χ3v) is 3.98. The number of rotatable bonds is 6. The van der Waals surface area contributed by atoms with E-state index >= 15 is 0 Å². The van der Waals surface area contributed by atoms with Crippen molar-refractivity contribution in [3.8, 4) is 17.0 Å². The van der Waals surface area contributed by atoms with Crippen LogP contribution in [0.25, 0.3) is 11.3 Å². The molecule has 0 aliphatic heterocycles. The van der Waals surface area contributed by atoms with Gasteiger partial charge in [-0.3, -0.25) is 0 Å². The lowest BCUT2D eigenvalue weighted by Crippen LogP contribution is -2.43. The van der Waals surface area contributed by atoms with Crippen LogP contribution < -0.4 is 10.5 Å². The molecule has 2 rings (SSSR count). The molecular formula is C20H26F3N3O. The molecule has 1 aromatic heterocycles. The van der Waals surface area contributed by atoms with Crippen molar-refractivity contribution in [1.82, 2.24) is 9.97 Å². The monoisotopic (exact) mass is 381 g/mol. The van der Waals surface area contributed by atoms with Crippen molar-refractivity contribution in [2.45, 2.75) is 52.8 Å². The largest absolute Gasteiger partial charge is 0.491 e. The van der Waals surface area contributed by atoms with Crippen LogP contribution in [0, 0.1) is 19.8 Å². The quantitative estimate of drug-likeness (QED) is 0.771. The number of halogens is 3. The molecule has 0 bridgehead atoms. The number of aryl methyl sites for hydroxylation is 2. The summed E-state index contributed by atoms with van der Waals surface area (Å²) in [7, 11) is 0. The molecule has 0 aliphatic rings. The lowest BCUT2D eigenvalue weighted by molar-refractivity contribution is -0.139. The molecule has 2 N–H and O–H groups in total. The Balaban J connectivity index is 2.36. The highest BCUT2D eigenvalue weighted by atomic mass is 19.4. The second-order valence-electron chi connectivity index (χ2n) is 7.69. The molecule has 0 amide bonds. The second kappa shape index (κ2) is 7.84. The van der Waals surface area contributed by atoms with Gasteiger partial charge in [0, 0.05) is 16.8 Å². The number of nitrogens with two attached hydrogens (primary N) is 1. The summed E-state index contributed by atoms with van der Waals surface area (Å²) >= 11 is 0. The van der Waals surface area contributed by atoms with Crippen LogP contribution in [0.4, 0.5) is 13.2 Å². The van der Waals surface area contributed by atoms with Gasteiger partial charge in [-0.1, -0.05) is 13.8 Å². The SMILES string of the molecule is Cc1cc(-c2ccc(OC[C@@](C)(N)CC(C)C)c(C(F)(F)F)c2)nc(C)n1. The molecule has 0 saturated heterocycles. The van der Waals surface area contributed by atoms with E-state index in [1.54, 1.807) is 32.9 Å². The third kappa shape index (κ3) is 5.92. The summed E-state index contributed by atoms with van der Waals surface area (Å²) in [6.45, 7) is 9.27. The van der Waals surface area contributed by atoms with Crippen LogP contribution in [0.1, 0.15) is 44.3 Å². The Morgan fingerprint density at radius 1 is 1.11 bits per heavy atom. The highest BCUT2D eigenvalue weighted by Crippen LogP contribution is 2.39. The van der Waals surface area contributed by atoms with Gasteiger partial charge in [0.05, 0.1) is 11.3 Å². The van der Waals surface area contributed by atoms with Gasteiger partial charge in [0.2, 0.25) is 0 Å². The first kappa shape index (κ1) is 21.2. The van der Waals surface area contributed by atoms with Gasteiger partial charge >= 0.3 is 6.18 Å². The van der Waals surface area contributed by atoms with E-state index in [-0.39, 0.29) is 12.4 Å². The predicted molar refractivity (Wildman–Crippen MR) is 99.5 cm³/mol. The van der Waals surface area contributed by atoms with Crippen molar-refractivity contribution < 1.29 is 17.9 Å². The number of benzene rings is 1. The maximum Gasteiger partial charge on any atom is 0.419 e. The van der Waals surface area contributed by atoms with E-state index in [1.807, 2.05) is 13.8 Å². The minimum Gasteiger partial charge on any atom is -0.491 e. The smallest absolute Gasteiger partial charge is 0.419 e. The molecular weight excluding hydrogens is 355 g/mol. The molecule has 0 fully saturated rings. The van der Waals surface area contributed by atoms with Crippen molar-refractivity contribution >= 4 is 0 Å². The van der Waals surface area contributed by atoms with Crippen molar-refractivity contribution in [2.75, 3.05) is 6.61 Å². The van der Waals surface area contributed by atoms with Gasteiger partial charge in [-0.2, -0.15) is 13.2 Å². The van der Waals surface area contributed by atoms with Gasteiger partial charge in [0.15, 0.2) is 0 Å². The normalized spacial score (nSPS) is 14.3. The average molecular weight is 381 g/mol. The van der Waals surface area contributed by atoms with Crippen molar-refractivity contribution in [2.24, 2.45) is 11.7 Å². The summed E-state index contributed by atoms with van der Waals surface area (Å²) in [5.74, 6) is 0.595. The van der Waals surface area contributed by atoms with E-state index < -0.39 is 17.3 Å². The minimum atomic E-state index is -4.55. The number of ether oxygens (including phenoxy) is 1. The van der Waals surface area contributed by atoms with E-state index in [4.69, 9.17) is 10.5 Å². The predicted octanol–water partition coefficient (Wildman–Crippen LogP) is 4.92. The van der Waals surface area contributed by atoms with Crippen LogP contribution in [0.5, 0.6) is 5.75 Å². The Bertz CT molecular complexity index is 781. The summed E-state index contributed by atoms with van der Waals surface area (Å²) in [5.41, 5.74) is 6.11. The molecule has 0 spiro atoms. The second-order valence-corrected chi connectivity index (χ2v) is 7.69. The van der Waals surface area contributed by atoms with Gasteiger partial charge < -0.3 is 10.5 Å². The zero-order chi connectivity index (χ0) is 20.4. The van der Waals surface area contributed by atoms with Gasteiger partial charge in [0.25, 0.3) is 0 Å². The Morgan fingerprint density at radius 3 is 2.33 bits per heavy atom. The Kier molecular flexibility index (Phi) is 6.14.